The highest BCUT2D eigenvalue weighted by Gasteiger charge is 2.45. The van der Waals surface area contributed by atoms with E-state index >= 15 is 0 Å². The lowest BCUT2D eigenvalue weighted by atomic mass is 9.95. The number of pyridine rings is 1. The number of aromatic nitrogens is 1. The average molecular weight is 444 g/mol. The Morgan fingerprint density at radius 3 is 2.30 bits per heavy atom. The Labute approximate surface area is 191 Å². The van der Waals surface area contributed by atoms with Crippen LogP contribution in [0.1, 0.15) is 22.2 Å². The van der Waals surface area contributed by atoms with Gasteiger partial charge in [-0.2, -0.15) is 0 Å². The fourth-order valence-electron chi connectivity index (χ4n) is 4.39. The lowest BCUT2D eigenvalue weighted by molar-refractivity contribution is -0.117. The molecule has 1 amide bonds. The largest absolute Gasteiger partial charge is 0.503 e. The summed E-state index contributed by atoms with van der Waals surface area (Å²) in [6.45, 7) is 3.85. The summed E-state index contributed by atoms with van der Waals surface area (Å²) in [6.07, 6.45) is 4.58. The Hall–Kier alpha value is -3.91. The topological polar surface area (TPSA) is 90.1 Å². The minimum atomic E-state index is -0.799. The Bertz CT molecular complexity index is 1180. The van der Waals surface area contributed by atoms with Crippen molar-refractivity contribution in [1.82, 2.24) is 9.88 Å². The highest BCUT2D eigenvalue weighted by Crippen LogP contribution is 2.42. The molecule has 1 atom stereocenters. The van der Waals surface area contributed by atoms with Crippen LogP contribution in [0.2, 0.25) is 0 Å². The van der Waals surface area contributed by atoms with E-state index in [9.17, 15) is 14.7 Å². The normalized spacial score (nSPS) is 19.4. The van der Waals surface area contributed by atoms with Gasteiger partial charge >= 0.3 is 0 Å². The van der Waals surface area contributed by atoms with Crippen LogP contribution in [0.3, 0.4) is 0 Å². The van der Waals surface area contributed by atoms with Crippen molar-refractivity contribution in [2.24, 2.45) is 0 Å². The highest BCUT2D eigenvalue weighted by molar-refractivity contribution is 6.20. The summed E-state index contributed by atoms with van der Waals surface area (Å²) in [5.74, 6) is -1.65. The van der Waals surface area contributed by atoms with Crippen LogP contribution in [-0.4, -0.2) is 59.9 Å². The van der Waals surface area contributed by atoms with E-state index < -0.39 is 23.5 Å². The van der Waals surface area contributed by atoms with Crippen LogP contribution in [0.25, 0.3) is 0 Å². The van der Waals surface area contributed by atoms with E-state index in [0.29, 0.717) is 11.3 Å². The van der Waals surface area contributed by atoms with Gasteiger partial charge in [-0.05, 0) is 61.1 Å². The van der Waals surface area contributed by atoms with Crippen molar-refractivity contribution in [3.63, 3.8) is 0 Å². The first-order valence-corrected chi connectivity index (χ1v) is 10.8. The molecular formula is C25H24N4O4. The summed E-state index contributed by atoms with van der Waals surface area (Å²) < 4.78 is 5.26. The maximum atomic E-state index is 13.2. The van der Waals surface area contributed by atoms with Crippen LogP contribution in [0.4, 0.5) is 11.4 Å². The highest BCUT2D eigenvalue weighted by atomic mass is 16.3. The molecule has 0 saturated carbocycles. The molecule has 1 saturated heterocycles. The first-order valence-electron chi connectivity index (χ1n) is 10.8. The van der Waals surface area contributed by atoms with Crippen molar-refractivity contribution in [2.75, 3.05) is 43.0 Å². The maximum Gasteiger partial charge on any atom is 0.294 e. The second-order valence-electron chi connectivity index (χ2n) is 8.23. The summed E-state index contributed by atoms with van der Waals surface area (Å²) in [5.41, 5.74) is 2.32. The lowest BCUT2D eigenvalue weighted by Gasteiger charge is -2.34. The zero-order chi connectivity index (χ0) is 22.9. The lowest BCUT2D eigenvalue weighted by Crippen LogP contribution is -2.44. The predicted molar refractivity (Wildman–Crippen MR) is 123 cm³/mol. The smallest absolute Gasteiger partial charge is 0.294 e. The number of amides is 1. The zero-order valence-electron chi connectivity index (χ0n) is 18.2. The SMILES string of the molecule is CN1CCN(c2ccc(N3C(=O)C(O)=C(C(=O)c4ccco4)C3c3ccncc3)cc2)CC1. The number of furan rings is 1. The molecule has 1 aromatic carbocycles. The molecule has 0 radical (unpaired) electrons. The number of anilines is 2. The van der Waals surface area contributed by atoms with Gasteiger partial charge in [-0.3, -0.25) is 19.5 Å². The zero-order valence-corrected chi connectivity index (χ0v) is 18.2. The van der Waals surface area contributed by atoms with E-state index in [4.69, 9.17) is 4.42 Å². The van der Waals surface area contributed by atoms with Gasteiger partial charge in [0, 0.05) is 49.9 Å². The average Bonchev–Trinajstić information content (AvgIpc) is 3.47. The number of carbonyl (C=O) groups is 2. The van der Waals surface area contributed by atoms with Crippen LogP contribution >= 0.6 is 0 Å². The number of aliphatic hydroxyl groups is 1. The Morgan fingerprint density at radius 2 is 1.67 bits per heavy atom. The minimum Gasteiger partial charge on any atom is -0.503 e. The number of hydrogen-bond donors (Lipinski definition) is 1. The first-order chi connectivity index (χ1) is 16.0. The molecule has 168 valence electrons. The van der Waals surface area contributed by atoms with Gasteiger partial charge in [0.15, 0.2) is 11.5 Å². The van der Waals surface area contributed by atoms with Crippen molar-refractivity contribution in [2.45, 2.75) is 6.04 Å². The van der Waals surface area contributed by atoms with Crippen molar-refractivity contribution < 1.29 is 19.1 Å². The summed E-state index contributed by atoms with van der Waals surface area (Å²) in [6, 6.07) is 13.4. The van der Waals surface area contributed by atoms with Gasteiger partial charge < -0.3 is 19.3 Å². The molecule has 0 bridgehead atoms. The number of nitrogens with zero attached hydrogens (tertiary/aromatic N) is 4. The Kier molecular flexibility index (Phi) is 5.43. The molecular weight excluding hydrogens is 420 g/mol. The van der Waals surface area contributed by atoms with Crippen molar-refractivity contribution >= 4 is 23.1 Å². The van der Waals surface area contributed by atoms with E-state index in [2.05, 4.69) is 21.8 Å². The molecule has 0 spiro atoms. The molecule has 2 aliphatic heterocycles. The Morgan fingerprint density at radius 1 is 1.00 bits per heavy atom. The number of hydrogen-bond acceptors (Lipinski definition) is 7. The standard InChI is InChI=1S/C25H24N4O4/c1-27-12-14-28(15-13-27)18-4-6-19(7-5-18)29-22(17-8-10-26-11-9-17)21(24(31)25(29)32)23(30)20-3-2-16-33-20/h2-11,16,22,31H,12-15H2,1H3. The van der Waals surface area contributed by atoms with Gasteiger partial charge in [0.25, 0.3) is 5.91 Å². The number of benzene rings is 1. The minimum absolute atomic E-state index is 0.00991. The molecule has 0 aliphatic carbocycles. The number of likely N-dealkylation sites (N-methyl/N-ethyl adjacent to an activating group) is 1. The fourth-order valence-corrected chi connectivity index (χ4v) is 4.39. The van der Waals surface area contributed by atoms with Gasteiger partial charge in [-0.15, -0.1) is 0 Å². The number of piperazine rings is 1. The summed E-state index contributed by atoms with van der Waals surface area (Å²) in [7, 11) is 2.11. The molecule has 33 heavy (non-hydrogen) atoms. The molecule has 8 heteroatoms. The van der Waals surface area contributed by atoms with Gasteiger partial charge in [0.1, 0.15) is 0 Å². The second-order valence-corrected chi connectivity index (χ2v) is 8.23. The third kappa shape index (κ3) is 3.78. The summed E-state index contributed by atoms with van der Waals surface area (Å²) in [4.78, 5) is 36.5. The number of aliphatic hydroxyl groups excluding tert-OH is 1. The van der Waals surface area contributed by atoms with Crippen LogP contribution in [0, 0.1) is 0 Å². The maximum absolute atomic E-state index is 13.2. The van der Waals surface area contributed by atoms with Gasteiger partial charge in [-0.25, -0.2) is 0 Å². The van der Waals surface area contributed by atoms with Crippen molar-refractivity contribution in [3.8, 4) is 0 Å². The fraction of sp³-hybridized carbons (Fsp3) is 0.240. The van der Waals surface area contributed by atoms with E-state index in [1.807, 2.05) is 24.3 Å². The Balaban J connectivity index is 1.51. The third-order valence-corrected chi connectivity index (χ3v) is 6.22. The predicted octanol–water partition coefficient (Wildman–Crippen LogP) is 3.21. The van der Waals surface area contributed by atoms with Crippen molar-refractivity contribution in [1.29, 1.82) is 0 Å². The number of carbonyl (C=O) groups excluding carboxylic acids is 2. The summed E-state index contributed by atoms with van der Waals surface area (Å²) >= 11 is 0. The van der Waals surface area contributed by atoms with Gasteiger partial charge in [-0.1, -0.05) is 0 Å². The summed E-state index contributed by atoms with van der Waals surface area (Å²) in [5, 5.41) is 10.8. The molecule has 1 fully saturated rings. The van der Waals surface area contributed by atoms with Gasteiger partial charge in [0.05, 0.1) is 17.9 Å². The quantitative estimate of drug-likeness (QED) is 0.605. The van der Waals surface area contributed by atoms with Gasteiger partial charge in [0.2, 0.25) is 5.78 Å². The molecule has 3 aromatic rings. The second kappa shape index (κ2) is 8.55. The monoisotopic (exact) mass is 444 g/mol. The molecule has 1 unspecified atom stereocenters. The van der Waals surface area contributed by atoms with Crippen molar-refractivity contribution in [3.05, 3.63) is 89.8 Å². The molecule has 8 nitrogen and oxygen atoms in total. The first kappa shape index (κ1) is 21.0. The van der Waals surface area contributed by atoms with E-state index in [1.54, 1.807) is 30.6 Å². The van der Waals surface area contributed by atoms with E-state index in [-0.39, 0.29) is 11.3 Å². The van der Waals surface area contributed by atoms with Crippen LogP contribution in [0.15, 0.2) is 82.9 Å². The van der Waals surface area contributed by atoms with E-state index in [1.165, 1.54) is 17.2 Å². The molecule has 4 heterocycles. The van der Waals surface area contributed by atoms with Crippen LogP contribution < -0.4 is 9.80 Å². The van der Waals surface area contributed by atoms with Crippen LogP contribution in [0.5, 0.6) is 0 Å². The number of rotatable bonds is 5. The molecule has 5 rings (SSSR count). The molecule has 2 aromatic heterocycles. The number of ketones is 1. The molecule has 2 aliphatic rings. The third-order valence-electron chi connectivity index (χ3n) is 6.22. The molecule has 1 N–H and O–H groups in total. The number of Topliss-reactive ketones (excluding diaryl/α,β-unsaturated/α-hetero) is 1. The van der Waals surface area contributed by atoms with Crippen LogP contribution in [-0.2, 0) is 4.79 Å². The van der Waals surface area contributed by atoms with E-state index in [0.717, 1.165) is 31.9 Å².